The number of pyridine rings is 1. The second-order valence-electron chi connectivity index (χ2n) is 4.06. The number of rotatable bonds is 3. The predicted molar refractivity (Wildman–Crippen MR) is 63.2 cm³/mol. The van der Waals surface area contributed by atoms with Crippen molar-refractivity contribution in [2.24, 2.45) is 0 Å². The van der Waals surface area contributed by atoms with E-state index in [2.05, 4.69) is 21.3 Å². The molecule has 2 rings (SSSR count). The van der Waals surface area contributed by atoms with Gasteiger partial charge < -0.3 is 10.2 Å². The maximum absolute atomic E-state index is 8.87. The van der Waals surface area contributed by atoms with Gasteiger partial charge in [0.05, 0.1) is 11.6 Å². The van der Waals surface area contributed by atoms with Crippen molar-refractivity contribution in [1.82, 2.24) is 10.3 Å². The van der Waals surface area contributed by atoms with Gasteiger partial charge in [-0.15, -0.1) is 0 Å². The first kappa shape index (κ1) is 10.9. The molecule has 4 heteroatoms. The first-order chi connectivity index (χ1) is 7.85. The predicted octanol–water partition coefficient (Wildman–Crippen LogP) is 1.14. The van der Waals surface area contributed by atoms with E-state index in [1.165, 1.54) is 12.8 Å². The third kappa shape index (κ3) is 2.15. The van der Waals surface area contributed by atoms with Crippen LogP contribution in [0.3, 0.4) is 0 Å². The lowest BCUT2D eigenvalue weighted by molar-refractivity contribution is 0.612. The molecule has 0 aromatic carbocycles. The highest BCUT2D eigenvalue weighted by Gasteiger charge is 2.24. The number of hydrogen-bond acceptors (Lipinski definition) is 4. The highest BCUT2D eigenvalue weighted by Crippen LogP contribution is 2.23. The quantitative estimate of drug-likeness (QED) is 0.823. The lowest BCUT2D eigenvalue weighted by Gasteiger charge is -2.25. The molecule has 1 aromatic heterocycles. The molecule has 1 saturated heterocycles. The van der Waals surface area contributed by atoms with Crippen LogP contribution in [0.1, 0.15) is 18.4 Å². The monoisotopic (exact) mass is 216 g/mol. The van der Waals surface area contributed by atoms with Gasteiger partial charge >= 0.3 is 0 Å². The molecule has 0 bridgehead atoms. The molecule has 1 aliphatic heterocycles. The maximum atomic E-state index is 8.87. The van der Waals surface area contributed by atoms with E-state index in [1.54, 1.807) is 12.3 Å². The van der Waals surface area contributed by atoms with Crippen LogP contribution >= 0.6 is 0 Å². The van der Waals surface area contributed by atoms with Gasteiger partial charge in [-0.3, -0.25) is 0 Å². The maximum Gasteiger partial charge on any atom is 0.130 e. The number of nitriles is 1. The number of anilines is 1. The third-order valence-corrected chi connectivity index (χ3v) is 2.99. The largest absolute Gasteiger partial charge is 0.352 e. The molecular weight excluding hydrogens is 200 g/mol. The van der Waals surface area contributed by atoms with E-state index < -0.39 is 0 Å². The Labute approximate surface area is 95.9 Å². The Bertz CT molecular complexity index is 396. The van der Waals surface area contributed by atoms with Gasteiger partial charge in [0.25, 0.3) is 0 Å². The van der Waals surface area contributed by atoms with Gasteiger partial charge in [0.2, 0.25) is 0 Å². The van der Waals surface area contributed by atoms with E-state index in [-0.39, 0.29) is 0 Å². The van der Waals surface area contributed by atoms with Crippen molar-refractivity contribution in [2.75, 3.05) is 25.0 Å². The van der Waals surface area contributed by atoms with E-state index in [4.69, 9.17) is 5.26 Å². The van der Waals surface area contributed by atoms with Gasteiger partial charge in [0, 0.05) is 25.3 Å². The van der Waals surface area contributed by atoms with Crippen LogP contribution in [-0.2, 0) is 0 Å². The number of nitrogens with zero attached hydrogens (tertiary/aromatic N) is 3. The molecule has 1 N–H and O–H groups in total. The molecule has 0 amide bonds. The zero-order chi connectivity index (χ0) is 11.4. The van der Waals surface area contributed by atoms with Gasteiger partial charge in [-0.25, -0.2) is 4.98 Å². The molecule has 1 atom stereocenters. The van der Waals surface area contributed by atoms with Crippen molar-refractivity contribution in [1.29, 1.82) is 5.26 Å². The summed E-state index contributed by atoms with van der Waals surface area (Å²) in [6.45, 7) is 2.01. The molecule has 1 aromatic rings. The van der Waals surface area contributed by atoms with Crippen LogP contribution in [0.15, 0.2) is 18.3 Å². The fourth-order valence-corrected chi connectivity index (χ4v) is 2.23. The summed E-state index contributed by atoms with van der Waals surface area (Å²) in [7, 11) is 1.97. The van der Waals surface area contributed by atoms with Crippen LogP contribution in [-0.4, -0.2) is 31.2 Å². The second kappa shape index (κ2) is 4.95. The topological polar surface area (TPSA) is 52.0 Å². The molecule has 0 spiro atoms. The lowest BCUT2D eigenvalue weighted by atomic mass is 10.2. The van der Waals surface area contributed by atoms with Crippen LogP contribution in [0.25, 0.3) is 0 Å². The Balaban J connectivity index is 2.19. The van der Waals surface area contributed by atoms with Gasteiger partial charge in [-0.2, -0.15) is 5.26 Å². The van der Waals surface area contributed by atoms with Gasteiger partial charge in [0.15, 0.2) is 0 Å². The lowest BCUT2D eigenvalue weighted by Crippen LogP contribution is -2.37. The minimum Gasteiger partial charge on any atom is -0.352 e. The summed E-state index contributed by atoms with van der Waals surface area (Å²) in [6.07, 6.45) is 4.10. The zero-order valence-corrected chi connectivity index (χ0v) is 9.48. The van der Waals surface area contributed by atoms with E-state index in [0.717, 1.165) is 18.9 Å². The molecule has 84 valence electrons. The van der Waals surface area contributed by atoms with Crippen molar-refractivity contribution in [3.63, 3.8) is 0 Å². The van der Waals surface area contributed by atoms with E-state index in [0.29, 0.717) is 11.6 Å². The van der Waals surface area contributed by atoms with E-state index >= 15 is 0 Å². The normalized spacial score (nSPS) is 19.8. The van der Waals surface area contributed by atoms with Crippen molar-refractivity contribution in [3.05, 3.63) is 23.9 Å². The van der Waals surface area contributed by atoms with Crippen LogP contribution in [0.2, 0.25) is 0 Å². The molecule has 16 heavy (non-hydrogen) atoms. The zero-order valence-electron chi connectivity index (χ0n) is 9.48. The van der Waals surface area contributed by atoms with Gasteiger partial charge in [-0.1, -0.05) is 0 Å². The Morgan fingerprint density at radius 3 is 3.31 bits per heavy atom. The summed E-state index contributed by atoms with van der Waals surface area (Å²) >= 11 is 0. The van der Waals surface area contributed by atoms with Gasteiger partial charge in [0.1, 0.15) is 5.82 Å². The van der Waals surface area contributed by atoms with E-state index in [9.17, 15) is 0 Å². The highest BCUT2D eigenvalue weighted by molar-refractivity contribution is 5.46. The van der Waals surface area contributed by atoms with Crippen molar-refractivity contribution in [3.8, 4) is 6.07 Å². The molecular formula is C12H16N4. The molecule has 4 nitrogen and oxygen atoms in total. The Kier molecular flexibility index (Phi) is 3.37. The van der Waals surface area contributed by atoms with Crippen molar-refractivity contribution < 1.29 is 0 Å². The number of hydrogen-bond donors (Lipinski definition) is 1. The molecule has 0 aliphatic carbocycles. The van der Waals surface area contributed by atoms with Crippen LogP contribution in [0.4, 0.5) is 5.82 Å². The number of aromatic nitrogens is 1. The number of likely N-dealkylation sites (N-methyl/N-ethyl adjacent to an activating group) is 1. The van der Waals surface area contributed by atoms with Crippen molar-refractivity contribution >= 4 is 5.82 Å². The second-order valence-corrected chi connectivity index (χ2v) is 4.06. The Morgan fingerprint density at radius 1 is 1.69 bits per heavy atom. The van der Waals surface area contributed by atoms with Crippen LogP contribution in [0, 0.1) is 11.3 Å². The average Bonchev–Trinajstić information content (AvgIpc) is 2.78. The van der Waals surface area contributed by atoms with Crippen LogP contribution in [0.5, 0.6) is 0 Å². The van der Waals surface area contributed by atoms with Crippen LogP contribution < -0.4 is 10.2 Å². The first-order valence-corrected chi connectivity index (χ1v) is 5.62. The standard InChI is InChI=1S/C12H16N4/c1-14-9-11-3-2-6-16(11)12-7-10(8-13)4-5-15-12/h4-5,7,11,14H,2-3,6,9H2,1H3. The summed E-state index contributed by atoms with van der Waals surface area (Å²) in [4.78, 5) is 6.64. The van der Waals surface area contributed by atoms with Gasteiger partial charge in [-0.05, 0) is 32.0 Å². The SMILES string of the molecule is CNCC1CCCN1c1cc(C#N)ccn1. The summed E-state index contributed by atoms with van der Waals surface area (Å²) in [5.41, 5.74) is 0.681. The molecule has 1 unspecified atom stereocenters. The molecule has 0 radical (unpaired) electrons. The molecule has 0 saturated carbocycles. The highest BCUT2D eigenvalue weighted by atomic mass is 15.2. The van der Waals surface area contributed by atoms with Crippen molar-refractivity contribution in [2.45, 2.75) is 18.9 Å². The summed E-state index contributed by atoms with van der Waals surface area (Å²) in [5.74, 6) is 0.928. The summed E-state index contributed by atoms with van der Waals surface area (Å²) in [6, 6.07) is 6.27. The molecule has 1 fully saturated rings. The average molecular weight is 216 g/mol. The minimum absolute atomic E-state index is 0.506. The fraction of sp³-hybridized carbons (Fsp3) is 0.500. The smallest absolute Gasteiger partial charge is 0.130 e. The summed E-state index contributed by atoms with van der Waals surface area (Å²) in [5, 5.41) is 12.1. The summed E-state index contributed by atoms with van der Waals surface area (Å²) < 4.78 is 0. The fourth-order valence-electron chi connectivity index (χ4n) is 2.23. The minimum atomic E-state index is 0.506. The molecule has 1 aliphatic rings. The Morgan fingerprint density at radius 2 is 2.56 bits per heavy atom. The first-order valence-electron chi connectivity index (χ1n) is 5.62. The molecule has 2 heterocycles. The third-order valence-electron chi connectivity index (χ3n) is 2.99. The Hall–Kier alpha value is -1.60. The van der Waals surface area contributed by atoms with E-state index in [1.807, 2.05) is 13.1 Å². The number of nitrogens with one attached hydrogen (secondary N) is 1.